The van der Waals surface area contributed by atoms with Crippen molar-refractivity contribution in [3.8, 4) is 10.6 Å². The number of carbonyl (C=O) groups is 1. The maximum Gasteiger partial charge on any atom is 0.229 e. The first-order chi connectivity index (χ1) is 10.1. The first-order valence-electron chi connectivity index (χ1n) is 6.60. The standard InChI is InChI=1S/C14H14FN3OS2/c1-8-13(18-12(19)9-2-3-20-7-9)21-14(17-8)10-4-11(15)6-16-5-10/h4-6,9H,2-3,7H2,1H3,(H,18,19). The molecule has 1 N–H and O–H groups in total. The van der Waals surface area contributed by atoms with Crippen molar-refractivity contribution < 1.29 is 9.18 Å². The van der Waals surface area contributed by atoms with E-state index < -0.39 is 5.82 Å². The molecule has 110 valence electrons. The van der Waals surface area contributed by atoms with Crippen LogP contribution in [-0.2, 0) is 4.79 Å². The molecule has 0 spiro atoms. The van der Waals surface area contributed by atoms with Crippen molar-refractivity contribution >= 4 is 34.0 Å². The van der Waals surface area contributed by atoms with Gasteiger partial charge in [-0.25, -0.2) is 9.37 Å². The summed E-state index contributed by atoms with van der Waals surface area (Å²) in [5.41, 5.74) is 1.37. The average Bonchev–Trinajstić information content (AvgIpc) is 3.09. The van der Waals surface area contributed by atoms with Gasteiger partial charge in [0.1, 0.15) is 15.8 Å². The third-order valence-electron chi connectivity index (χ3n) is 3.29. The zero-order chi connectivity index (χ0) is 14.8. The molecule has 1 aliphatic rings. The Balaban J connectivity index is 1.79. The molecule has 1 amide bonds. The summed E-state index contributed by atoms with van der Waals surface area (Å²) in [4.78, 5) is 20.4. The topological polar surface area (TPSA) is 54.9 Å². The Morgan fingerprint density at radius 1 is 1.48 bits per heavy atom. The monoisotopic (exact) mass is 323 g/mol. The van der Waals surface area contributed by atoms with Gasteiger partial charge in [-0.15, -0.1) is 0 Å². The average molecular weight is 323 g/mol. The van der Waals surface area contributed by atoms with Gasteiger partial charge >= 0.3 is 0 Å². The van der Waals surface area contributed by atoms with Gasteiger partial charge in [0.15, 0.2) is 0 Å². The Bertz CT molecular complexity index is 668. The highest BCUT2D eigenvalue weighted by molar-refractivity contribution is 7.99. The molecule has 7 heteroatoms. The summed E-state index contributed by atoms with van der Waals surface area (Å²) < 4.78 is 13.2. The number of hydrogen-bond donors (Lipinski definition) is 1. The lowest BCUT2D eigenvalue weighted by atomic mass is 10.1. The van der Waals surface area contributed by atoms with E-state index in [0.29, 0.717) is 10.6 Å². The summed E-state index contributed by atoms with van der Waals surface area (Å²) in [6, 6.07) is 1.39. The van der Waals surface area contributed by atoms with Crippen molar-refractivity contribution in [1.82, 2.24) is 9.97 Å². The van der Waals surface area contributed by atoms with E-state index in [0.717, 1.165) is 34.8 Å². The largest absolute Gasteiger partial charge is 0.316 e. The van der Waals surface area contributed by atoms with Gasteiger partial charge in [-0.3, -0.25) is 9.78 Å². The second-order valence-corrected chi connectivity index (χ2v) is 7.02. The molecular weight excluding hydrogens is 309 g/mol. The number of thioether (sulfide) groups is 1. The summed E-state index contributed by atoms with van der Waals surface area (Å²) in [6.45, 7) is 1.84. The van der Waals surface area contributed by atoms with E-state index in [9.17, 15) is 9.18 Å². The van der Waals surface area contributed by atoms with Crippen LogP contribution in [0.3, 0.4) is 0 Å². The predicted molar refractivity (Wildman–Crippen MR) is 84.1 cm³/mol. The Labute approximate surface area is 130 Å². The Hall–Kier alpha value is -1.47. The van der Waals surface area contributed by atoms with Gasteiger partial charge in [-0.1, -0.05) is 11.3 Å². The highest BCUT2D eigenvalue weighted by Gasteiger charge is 2.24. The van der Waals surface area contributed by atoms with Gasteiger partial charge in [0.25, 0.3) is 0 Å². The molecule has 1 fully saturated rings. The quantitative estimate of drug-likeness (QED) is 0.941. The van der Waals surface area contributed by atoms with Gasteiger partial charge < -0.3 is 5.32 Å². The van der Waals surface area contributed by atoms with Crippen molar-refractivity contribution in [3.05, 3.63) is 30.0 Å². The van der Waals surface area contributed by atoms with Gasteiger partial charge in [-0.05, 0) is 25.2 Å². The smallest absolute Gasteiger partial charge is 0.229 e. The number of aryl methyl sites for hydroxylation is 1. The minimum atomic E-state index is -0.395. The molecule has 1 atom stereocenters. The van der Waals surface area contributed by atoms with Gasteiger partial charge in [-0.2, -0.15) is 11.8 Å². The second-order valence-electron chi connectivity index (χ2n) is 4.88. The van der Waals surface area contributed by atoms with Crippen molar-refractivity contribution in [2.45, 2.75) is 13.3 Å². The summed E-state index contributed by atoms with van der Waals surface area (Å²) >= 11 is 3.16. The summed E-state index contributed by atoms with van der Waals surface area (Å²) in [5.74, 6) is 1.66. The van der Waals surface area contributed by atoms with Crippen LogP contribution in [0.2, 0.25) is 0 Å². The fourth-order valence-corrected chi connectivity index (χ4v) is 4.29. The van der Waals surface area contributed by atoms with Gasteiger partial charge in [0.05, 0.1) is 11.9 Å². The second kappa shape index (κ2) is 6.11. The van der Waals surface area contributed by atoms with E-state index in [1.165, 1.54) is 17.4 Å². The number of amides is 1. The lowest BCUT2D eigenvalue weighted by molar-refractivity contribution is -0.119. The molecule has 1 unspecified atom stereocenters. The van der Waals surface area contributed by atoms with Gasteiger partial charge in [0.2, 0.25) is 5.91 Å². The minimum absolute atomic E-state index is 0.0515. The van der Waals surface area contributed by atoms with Gasteiger partial charge in [0, 0.05) is 23.4 Å². The summed E-state index contributed by atoms with van der Waals surface area (Å²) in [6.07, 6.45) is 3.65. The molecule has 3 rings (SSSR count). The molecule has 0 bridgehead atoms. The molecule has 1 saturated heterocycles. The van der Waals surface area contributed by atoms with Crippen LogP contribution in [0.4, 0.5) is 9.39 Å². The SMILES string of the molecule is Cc1nc(-c2cncc(F)c2)sc1NC(=O)C1CCSC1. The molecule has 2 aromatic rings. The molecule has 0 aromatic carbocycles. The fraction of sp³-hybridized carbons (Fsp3) is 0.357. The number of nitrogens with one attached hydrogen (secondary N) is 1. The van der Waals surface area contributed by atoms with Crippen molar-refractivity contribution in [2.24, 2.45) is 5.92 Å². The van der Waals surface area contributed by atoms with E-state index >= 15 is 0 Å². The number of anilines is 1. The van der Waals surface area contributed by atoms with Crippen molar-refractivity contribution in [2.75, 3.05) is 16.8 Å². The van der Waals surface area contributed by atoms with E-state index in [1.54, 1.807) is 18.0 Å². The number of aromatic nitrogens is 2. The van der Waals surface area contributed by atoms with Crippen molar-refractivity contribution in [3.63, 3.8) is 0 Å². The van der Waals surface area contributed by atoms with Crippen LogP contribution < -0.4 is 5.32 Å². The zero-order valence-electron chi connectivity index (χ0n) is 11.4. The molecular formula is C14H14FN3OS2. The number of carbonyl (C=O) groups excluding carboxylic acids is 1. The van der Waals surface area contributed by atoms with Crippen molar-refractivity contribution in [1.29, 1.82) is 0 Å². The lowest BCUT2D eigenvalue weighted by Gasteiger charge is -2.08. The minimum Gasteiger partial charge on any atom is -0.316 e. The molecule has 0 aliphatic carbocycles. The highest BCUT2D eigenvalue weighted by atomic mass is 32.2. The first-order valence-corrected chi connectivity index (χ1v) is 8.57. The molecule has 0 saturated carbocycles. The molecule has 21 heavy (non-hydrogen) atoms. The number of halogens is 1. The molecule has 1 aliphatic heterocycles. The number of thiazole rings is 1. The summed E-state index contributed by atoms with van der Waals surface area (Å²) in [5, 5.41) is 4.34. The third kappa shape index (κ3) is 3.24. The zero-order valence-corrected chi connectivity index (χ0v) is 13.1. The normalized spacial score (nSPS) is 17.9. The van der Waals surface area contributed by atoms with E-state index in [2.05, 4.69) is 15.3 Å². The molecule has 0 radical (unpaired) electrons. The number of hydrogen-bond acceptors (Lipinski definition) is 5. The van der Waals surface area contributed by atoms with Crippen LogP contribution in [0.1, 0.15) is 12.1 Å². The van der Waals surface area contributed by atoms with Crippen LogP contribution in [0, 0.1) is 18.7 Å². The maximum absolute atomic E-state index is 13.2. The molecule has 2 aromatic heterocycles. The fourth-order valence-electron chi connectivity index (χ4n) is 2.12. The first kappa shape index (κ1) is 14.5. The highest BCUT2D eigenvalue weighted by Crippen LogP contribution is 2.33. The predicted octanol–water partition coefficient (Wildman–Crippen LogP) is 3.34. The van der Waals surface area contributed by atoms with Crippen LogP contribution in [0.5, 0.6) is 0 Å². The number of pyridine rings is 1. The maximum atomic E-state index is 13.2. The van der Waals surface area contributed by atoms with E-state index in [4.69, 9.17) is 0 Å². The lowest BCUT2D eigenvalue weighted by Crippen LogP contribution is -2.22. The Morgan fingerprint density at radius 3 is 3.05 bits per heavy atom. The molecule has 3 heterocycles. The summed E-state index contributed by atoms with van der Waals surface area (Å²) in [7, 11) is 0. The Morgan fingerprint density at radius 2 is 2.33 bits per heavy atom. The van der Waals surface area contributed by atoms with E-state index in [-0.39, 0.29) is 11.8 Å². The number of rotatable bonds is 3. The van der Waals surface area contributed by atoms with Crippen LogP contribution >= 0.6 is 23.1 Å². The van der Waals surface area contributed by atoms with Crippen LogP contribution in [0.15, 0.2) is 18.5 Å². The third-order valence-corrected chi connectivity index (χ3v) is 5.57. The number of nitrogens with zero attached hydrogens (tertiary/aromatic N) is 2. The Kier molecular flexibility index (Phi) is 4.21. The van der Waals surface area contributed by atoms with Crippen LogP contribution in [-0.4, -0.2) is 27.4 Å². The molecule has 4 nitrogen and oxygen atoms in total. The van der Waals surface area contributed by atoms with Crippen LogP contribution in [0.25, 0.3) is 10.6 Å². The van der Waals surface area contributed by atoms with E-state index in [1.807, 2.05) is 6.92 Å².